The van der Waals surface area contributed by atoms with Gasteiger partial charge in [0, 0.05) is 23.9 Å². The summed E-state index contributed by atoms with van der Waals surface area (Å²) in [6.45, 7) is -0.159. The topological polar surface area (TPSA) is 111 Å². The van der Waals surface area contributed by atoms with E-state index in [9.17, 15) is 4.79 Å². The summed E-state index contributed by atoms with van der Waals surface area (Å²) >= 11 is 0. The van der Waals surface area contributed by atoms with E-state index in [-0.39, 0.29) is 24.8 Å². The molecule has 0 radical (unpaired) electrons. The molecule has 1 heterocycles. The number of ether oxygens (including phenoxy) is 1. The lowest BCUT2D eigenvalue weighted by molar-refractivity contribution is 0.0901. The number of Topliss-reactive ketones (excluding diaryl/α,β-unsaturated/α-hetero) is 1. The minimum atomic E-state index is -0.559. The molecule has 1 aromatic carbocycles. The first-order valence-electron chi connectivity index (χ1n) is 6.45. The van der Waals surface area contributed by atoms with Gasteiger partial charge >= 0.3 is 0 Å². The number of carbonyl (C=O) groups is 1. The molecule has 2 aromatic rings. The Morgan fingerprint density at radius 3 is 2.76 bits per heavy atom. The van der Waals surface area contributed by atoms with E-state index < -0.39 is 6.61 Å². The number of anilines is 1. The van der Waals surface area contributed by atoms with Crippen molar-refractivity contribution in [3.63, 3.8) is 0 Å². The normalized spacial score (nSPS) is 10.4. The molecule has 21 heavy (non-hydrogen) atoms. The average molecular weight is 287 g/mol. The maximum Gasteiger partial charge on any atom is 0.188 e. The fourth-order valence-electron chi connectivity index (χ4n) is 2.02. The number of hydrogen-bond acceptors (Lipinski definition) is 6. The molecule has 0 unspecified atom stereocenters. The smallest absolute Gasteiger partial charge is 0.188 e. The van der Waals surface area contributed by atoms with Gasteiger partial charge < -0.3 is 21.3 Å². The Morgan fingerprint density at radius 2 is 2.10 bits per heavy atom. The fraction of sp³-hybridized carbons (Fsp3) is 0.200. The van der Waals surface area contributed by atoms with Crippen LogP contribution in [0.15, 0.2) is 36.5 Å². The summed E-state index contributed by atoms with van der Waals surface area (Å²) in [5.74, 6) is 0.340. The lowest BCUT2D eigenvalue weighted by atomic mass is 9.98. The number of nitrogens with two attached hydrogens (primary N) is 2. The Labute approximate surface area is 122 Å². The van der Waals surface area contributed by atoms with Gasteiger partial charge in [-0.25, -0.2) is 4.98 Å². The first-order valence-corrected chi connectivity index (χ1v) is 6.45. The molecule has 0 atom stereocenters. The van der Waals surface area contributed by atoms with E-state index in [4.69, 9.17) is 21.3 Å². The molecule has 0 bridgehead atoms. The summed E-state index contributed by atoms with van der Waals surface area (Å²) in [7, 11) is 0. The molecule has 0 aliphatic rings. The number of nitrogens with zero attached hydrogens (tertiary/aromatic N) is 1. The van der Waals surface area contributed by atoms with E-state index >= 15 is 0 Å². The number of carbonyl (C=O) groups excluding carboxylic acids is 1. The van der Waals surface area contributed by atoms with Gasteiger partial charge in [0.05, 0.1) is 0 Å². The van der Waals surface area contributed by atoms with Crippen LogP contribution in [-0.2, 0) is 13.2 Å². The number of pyridine rings is 1. The van der Waals surface area contributed by atoms with Crippen molar-refractivity contribution in [3.05, 3.63) is 53.2 Å². The highest BCUT2D eigenvalue weighted by Gasteiger charge is 2.14. The van der Waals surface area contributed by atoms with Crippen LogP contribution in [0.4, 0.5) is 5.82 Å². The van der Waals surface area contributed by atoms with Gasteiger partial charge in [0.1, 0.15) is 13.2 Å². The van der Waals surface area contributed by atoms with Crippen LogP contribution in [0, 0.1) is 0 Å². The lowest BCUT2D eigenvalue weighted by Gasteiger charge is -2.14. The van der Waals surface area contributed by atoms with Crippen LogP contribution >= 0.6 is 0 Å². The van der Waals surface area contributed by atoms with Crippen molar-refractivity contribution in [3.8, 4) is 5.75 Å². The Bertz CT molecular complexity index is 644. The summed E-state index contributed by atoms with van der Waals surface area (Å²) in [6, 6.07) is 8.59. The van der Waals surface area contributed by atoms with Crippen LogP contribution < -0.4 is 16.2 Å². The molecule has 6 heteroatoms. The molecule has 0 saturated heterocycles. The van der Waals surface area contributed by atoms with Crippen molar-refractivity contribution < 1.29 is 14.6 Å². The van der Waals surface area contributed by atoms with Gasteiger partial charge in [0.2, 0.25) is 0 Å². The third-order valence-electron chi connectivity index (χ3n) is 3.11. The van der Waals surface area contributed by atoms with Gasteiger partial charge in [-0.05, 0) is 17.7 Å². The monoisotopic (exact) mass is 287 g/mol. The van der Waals surface area contributed by atoms with Crippen molar-refractivity contribution in [1.82, 2.24) is 4.98 Å². The largest absolute Gasteiger partial charge is 0.485 e. The molecule has 0 saturated carbocycles. The summed E-state index contributed by atoms with van der Waals surface area (Å²) in [4.78, 5) is 15.7. The van der Waals surface area contributed by atoms with Gasteiger partial charge in [-0.1, -0.05) is 18.2 Å². The van der Waals surface area contributed by atoms with Crippen molar-refractivity contribution in [2.24, 2.45) is 5.73 Å². The maximum absolute atomic E-state index is 11.8. The Kier molecular flexibility index (Phi) is 4.86. The van der Waals surface area contributed by atoms with E-state index in [0.29, 0.717) is 16.9 Å². The number of aromatic nitrogens is 1. The maximum atomic E-state index is 11.8. The van der Waals surface area contributed by atoms with Crippen LogP contribution in [0.2, 0.25) is 0 Å². The standard InChI is InChI=1S/C15H17N3O3/c16-7-10-3-1-4-11(13(20)8-19)12(10)9-21-14-5-2-6-18-15(14)17/h1-6,19H,7-9,16H2,(H2,17,18). The molecule has 0 aliphatic carbocycles. The summed E-state index contributed by atoms with van der Waals surface area (Å²) in [5.41, 5.74) is 13.3. The van der Waals surface area contributed by atoms with Crippen molar-refractivity contribution in [2.45, 2.75) is 13.2 Å². The van der Waals surface area contributed by atoms with Crippen LogP contribution in [0.5, 0.6) is 5.75 Å². The van der Waals surface area contributed by atoms with E-state index in [1.165, 1.54) is 0 Å². The average Bonchev–Trinajstić information content (AvgIpc) is 2.53. The molecule has 0 aliphatic heterocycles. The Morgan fingerprint density at radius 1 is 1.29 bits per heavy atom. The van der Waals surface area contributed by atoms with Crippen molar-refractivity contribution in [1.29, 1.82) is 0 Å². The molecular weight excluding hydrogens is 270 g/mol. The Hall–Kier alpha value is -2.44. The summed E-state index contributed by atoms with van der Waals surface area (Å²) in [5, 5.41) is 9.05. The van der Waals surface area contributed by atoms with E-state index in [2.05, 4.69) is 4.98 Å². The second kappa shape index (κ2) is 6.83. The van der Waals surface area contributed by atoms with Gasteiger partial charge in [0.15, 0.2) is 17.4 Å². The molecule has 0 spiro atoms. The highest BCUT2D eigenvalue weighted by Crippen LogP contribution is 2.22. The number of hydrogen-bond donors (Lipinski definition) is 3. The van der Waals surface area contributed by atoms with Gasteiger partial charge in [-0.3, -0.25) is 4.79 Å². The van der Waals surface area contributed by atoms with Crippen LogP contribution in [0.1, 0.15) is 21.5 Å². The highest BCUT2D eigenvalue weighted by atomic mass is 16.5. The van der Waals surface area contributed by atoms with E-state index in [1.807, 2.05) is 6.07 Å². The zero-order valence-corrected chi connectivity index (χ0v) is 11.5. The van der Waals surface area contributed by atoms with Crippen LogP contribution in [-0.4, -0.2) is 22.5 Å². The first kappa shape index (κ1) is 15.0. The number of aliphatic hydroxyl groups excluding tert-OH is 1. The van der Waals surface area contributed by atoms with Crippen LogP contribution in [0.3, 0.4) is 0 Å². The van der Waals surface area contributed by atoms with Gasteiger partial charge in [-0.2, -0.15) is 0 Å². The van der Waals surface area contributed by atoms with Crippen LogP contribution in [0.25, 0.3) is 0 Å². The van der Waals surface area contributed by atoms with Gasteiger partial charge in [-0.15, -0.1) is 0 Å². The number of benzene rings is 1. The fourth-order valence-corrected chi connectivity index (χ4v) is 2.02. The zero-order chi connectivity index (χ0) is 15.2. The minimum absolute atomic E-state index is 0.129. The number of rotatable bonds is 6. The van der Waals surface area contributed by atoms with Crippen molar-refractivity contribution >= 4 is 11.6 Å². The molecule has 6 nitrogen and oxygen atoms in total. The first-order chi connectivity index (χ1) is 10.2. The second-order valence-corrected chi connectivity index (χ2v) is 4.40. The van der Waals surface area contributed by atoms with Gasteiger partial charge in [0.25, 0.3) is 0 Å². The van der Waals surface area contributed by atoms with E-state index in [0.717, 1.165) is 5.56 Å². The predicted octanol–water partition coefficient (Wildman–Crippen LogP) is 0.877. The summed E-state index contributed by atoms with van der Waals surface area (Å²) < 4.78 is 5.62. The van der Waals surface area contributed by atoms with E-state index in [1.54, 1.807) is 30.5 Å². The SMILES string of the molecule is NCc1cccc(C(=O)CO)c1COc1cccnc1N. The molecule has 5 N–H and O–H groups in total. The van der Waals surface area contributed by atoms with Crippen molar-refractivity contribution in [2.75, 3.05) is 12.3 Å². The number of nitrogen functional groups attached to an aromatic ring is 1. The molecule has 1 aromatic heterocycles. The highest BCUT2D eigenvalue weighted by molar-refractivity contribution is 5.98. The lowest BCUT2D eigenvalue weighted by Crippen LogP contribution is -2.14. The summed E-state index contributed by atoms with van der Waals surface area (Å²) in [6.07, 6.45) is 1.57. The second-order valence-electron chi connectivity index (χ2n) is 4.40. The number of aliphatic hydroxyl groups is 1. The minimum Gasteiger partial charge on any atom is -0.485 e. The third kappa shape index (κ3) is 3.36. The molecule has 0 fully saturated rings. The molecule has 110 valence electrons. The quantitative estimate of drug-likeness (QED) is 0.680. The molecular formula is C15H17N3O3. The number of ketones is 1. The predicted molar refractivity (Wildman–Crippen MR) is 78.7 cm³/mol. The molecule has 2 rings (SSSR count). The Balaban J connectivity index is 2.30. The molecule has 0 amide bonds. The zero-order valence-electron chi connectivity index (χ0n) is 11.5. The third-order valence-corrected chi connectivity index (χ3v) is 3.11.